The Morgan fingerprint density at radius 2 is 2.00 bits per heavy atom. The van der Waals surface area contributed by atoms with Gasteiger partial charge in [-0.25, -0.2) is 0 Å². The molecule has 0 aliphatic carbocycles. The first-order valence-corrected chi connectivity index (χ1v) is 3.60. The van der Waals surface area contributed by atoms with Gasteiger partial charge in [0, 0.05) is 13.1 Å². The number of carbonyl (C=O) groups is 1. The van der Waals surface area contributed by atoms with Gasteiger partial charge in [-0.1, -0.05) is 0 Å². The summed E-state index contributed by atoms with van der Waals surface area (Å²) in [6.07, 6.45) is 1.13. The van der Waals surface area contributed by atoms with Crippen LogP contribution in [-0.2, 0) is 4.79 Å². The summed E-state index contributed by atoms with van der Waals surface area (Å²) in [7, 11) is 0. The Bertz CT molecular complexity index is 144. The lowest BCUT2D eigenvalue weighted by molar-refractivity contribution is -0.139. The van der Waals surface area contributed by atoms with Crippen LogP contribution in [0.1, 0.15) is 20.3 Å². The Hall–Kier alpha value is -0.570. The number of hydrogen-bond donors (Lipinski definition) is 1. The fourth-order valence-corrected chi connectivity index (χ4v) is 0.927. The molecule has 2 N–H and O–H groups in total. The topological polar surface area (TPSA) is 46.3 Å². The van der Waals surface area contributed by atoms with Crippen LogP contribution in [0.2, 0.25) is 0 Å². The van der Waals surface area contributed by atoms with Crippen molar-refractivity contribution in [2.45, 2.75) is 25.8 Å². The highest BCUT2D eigenvalue weighted by Gasteiger charge is 2.30. The van der Waals surface area contributed by atoms with Gasteiger partial charge in [0.2, 0.25) is 5.91 Å². The second kappa shape index (κ2) is 2.23. The molecule has 0 atom stereocenters. The normalized spacial score (nSPS) is 18.5. The number of carbonyl (C=O) groups excluding carboxylic acids is 1. The molecule has 58 valence electrons. The lowest BCUT2D eigenvalue weighted by Crippen LogP contribution is -2.55. The summed E-state index contributed by atoms with van der Waals surface area (Å²) in [5.74, 6) is 0.0683. The van der Waals surface area contributed by atoms with Gasteiger partial charge in [0.05, 0.1) is 5.54 Å². The number of rotatable bonds is 1. The van der Waals surface area contributed by atoms with Crippen LogP contribution >= 0.6 is 0 Å². The lowest BCUT2D eigenvalue weighted by atomic mass is 10.0. The zero-order valence-corrected chi connectivity index (χ0v) is 6.55. The Kier molecular flexibility index (Phi) is 1.68. The fourth-order valence-electron chi connectivity index (χ4n) is 0.927. The molecule has 1 rings (SSSR count). The van der Waals surface area contributed by atoms with Gasteiger partial charge in [-0.05, 0) is 20.3 Å². The van der Waals surface area contributed by atoms with Gasteiger partial charge in [0.15, 0.2) is 0 Å². The second-order valence-electron chi connectivity index (χ2n) is 3.37. The van der Waals surface area contributed by atoms with Crippen LogP contribution in [-0.4, -0.2) is 29.4 Å². The highest BCUT2D eigenvalue weighted by molar-refractivity contribution is 5.85. The first-order valence-electron chi connectivity index (χ1n) is 3.60. The van der Waals surface area contributed by atoms with Gasteiger partial charge in [-0.2, -0.15) is 0 Å². The molecule has 0 spiro atoms. The number of amides is 1. The third-order valence-corrected chi connectivity index (χ3v) is 1.69. The minimum absolute atomic E-state index is 0.0683. The van der Waals surface area contributed by atoms with Crippen molar-refractivity contribution in [1.29, 1.82) is 0 Å². The largest absolute Gasteiger partial charge is 0.341 e. The SMILES string of the molecule is CC(C)(N)C(=O)N1CCC1. The number of nitrogens with zero attached hydrogens (tertiary/aromatic N) is 1. The van der Waals surface area contributed by atoms with Crippen molar-refractivity contribution in [3.63, 3.8) is 0 Å². The lowest BCUT2D eigenvalue weighted by Gasteiger charge is -2.35. The van der Waals surface area contributed by atoms with Crippen molar-refractivity contribution < 1.29 is 4.79 Å². The van der Waals surface area contributed by atoms with Gasteiger partial charge < -0.3 is 10.6 Å². The molecule has 0 aromatic carbocycles. The van der Waals surface area contributed by atoms with Crippen LogP contribution in [0.3, 0.4) is 0 Å². The molecular formula is C7H14N2O. The van der Waals surface area contributed by atoms with Crippen LogP contribution in [0, 0.1) is 0 Å². The third-order valence-electron chi connectivity index (χ3n) is 1.69. The van der Waals surface area contributed by atoms with E-state index >= 15 is 0 Å². The molecule has 1 amide bonds. The smallest absolute Gasteiger partial charge is 0.242 e. The second-order valence-corrected chi connectivity index (χ2v) is 3.37. The summed E-state index contributed by atoms with van der Waals surface area (Å²) in [6, 6.07) is 0. The fraction of sp³-hybridized carbons (Fsp3) is 0.857. The maximum absolute atomic E-state index is 11.2. The summed E-state index contributed by atoms with van der Waals surface area (Å²) in [5.41, 5.74) is 4.92. The van der Waals surface area contributed by atoms with E-state index in [0.717, 1.165) is 19.5 Å². The Labute approximate surface area is 61.2 Å². The average molecular weight is 142 g/mol. The number of likely N-dealkylation sites (tertiary alicyclic amines) is 1. The van der Waals surface area contributed by atoms with Gasteiger partial charge in [-0.3, -0.25) is 4.79 Å². The molecule has 1 fully saturated rings. The molecule has 1 saturated heterocycles. The van der Waals surface area contributed by atoms with E-state index in [0.29, 0.717) is 0 Å². The quantitative estimate of drug-likeness (QED) is 0.558. The van der Waals surface area contributed by atoms with E-state index in [2.05, 4.69) is 0 Å². The minimum Gasteiger partial charge on any atom is -0.341 e. The molecule has 0 radical (unpaired) electrons. The van der Waals surface area contributed by atoms with Gasteiger partial charge in [-0.15, -0.1) is 0 Å². The average Bonchev–Trinajstić information content (AvgIpc) is 1.57. The van der Waals surface area contributed by atoms with Crippen LogP contribution in [0.15, 0.2) is 0 Å². The highest BCUT2D eigenvalue weighted by Crippen LogP contribution is 2.11. The van der Waals surface area contributed by atoms with Crippen LogP contribution in [0.4, 0.5) is 0 Å². The van der Waals surface area contributed by atoms with E-state index in [-0.39, 0.29) is 5.91 Å². The van der Waals surface area contributed by atoms with Crippen molar-refractivity contribution >= 4 is 5.91 Å². The zero-order chi connectivity index (χ0) is 7.78. The van der Waals surface area contributed by atoms with E-state index in [1.165, 1.54) is 0 Å². The maximum Gasteiger partial charge on any atom is 0.242 e. The number of hydrogen-bond acceptors (Lipinski definition) is 2. The minimum atomic E-state index is -0.680. The summed E-state index contributed by atoms with van der Waals surface area (Å²) < 4.78 is 0. The Balaban J connectivity index is 2.48. The summed E-state index contributed by atoms with van der Waals surface area (Å²) >= 11 is 0. The standard InChI is InChI=1S/C7H14N2O/c1-7(2,8)6(10)9-4-3-5-9/h3-5,8H2,1-2H3. The third kappa shape index (κ3) is 1.29. The predicted molar refractivity (Wildman–Crippen MR) is 39.5 cm³/mol. The van der Waals surface area contributed by atoms with E-state index < -0.39 is 5.54 Å². The van der Waals surface area contributed by atoms with Gasteiger partial charge in [0.25, 0.3) is 0 Å². The Morgan fingerprint density at radius 1 is 1.50 bits per heavy atom. The molecule has 1 heterocycles. The molecule has 3 nitrogen and oxygen atoms in total. The van der Waals surface area contributed by atoms with E-state index in [1.807, 2.05) is 0 Å². The summed E-state index contributed by atoms with van der Waals surface area (Å²) in [4.78, 5) is 13.0. The monoisotopic (exact) mass is 142 g/mol. The molecule has 1 aliphatic rings. The van der Waals surface area contributed by atoms with Crippen molar-refractivity contribution in [3.05, 3.63) is 0 Å². The first kappa shape index (κ1) is 7.54. The number of nitrogens with two attached hydrogens (primary N) is 1. The Morgan fingerprint density at radius 3 is 2.10 bits per heavy atom. The summed E-state index contributed by atoms with van der Waals surface area (Å²) in [6.45, 7) is 5.26. The van der Waals surface area contributed by atoms with Crippen molar-refractivity contribution in [1.82, 2.24) is 4.90 Å². The van der Waals surface area contributed by atoms with Gasteiger partial charge >= 0.3 is 0 Å². The van der Waals surface area contributed by atoms with E-state index in [4.69, 9.17) is 5.73 Å². The molecule has 0 saturated carbocycles. The van der Waals surface area contributed by atoms with Crippen molar-refractivity contribution in [2.75, 3.05) is 13.1 Å². The highest BCUT2D eigenvalue weighted by atomic mass is 16.2. The maximum atomic E-state index is 11.2. The van der Waals surface area contributed by atoms with E-state index in [9.17, 15) is 4.79 Å². The molecule has 0 unspecified atom stereocenters. The van der Waals surface area contributed by atoms with Crippen molar-refractivity contribution in [2.24, 2.45) is 5.73 Å². The van der Waals surface area contributed by atoms with E-state index in [1.54, 1.807) is 18.7 Å². The van der Waals surface area contributed by atoms with Crippen LogP contribution < -0.4 is 5.73 Å². The summed E-state index contributed by atoms with van der Waals surface area (Å²) in [5, 5.41) is 0. The zero-order valence-electron chi connectivity index (χ0n) is 6.55. The van der Waals surface area contributed by atoms with Crippen LogP contribution in [0.5, 0.6) is 0 Å². The molecule has 1 aliphatic heterocycles. The molecule has 10 heavy (non-hydrogen) atoms. The molecule has 3 heteroatoms. The first-order chi connectivity index (χ1) is 4.52. The molecular weight excluding hydrogens is 128 g/mol. The molecule has 0 aromatic rings. The molecule has 0 bridgehead atoms. The van der Waals surface area contributed by atoms with Crippen LogP contribution in [0.25, 0.3) is 0 Å². The van der Waals surface area contributed by atoms with Gasteiger partial charge in [0.1, 0.15) is 0 Å². The van der Waals surface area contributed by atoms with Crippen molar-refractivity contribution in [3.8, 4) is 0 Å². The molecule has 0 aromatic heterocycles. The predicted octanol–water partition coefficient (Wildman–Crippen LogP) is -0.0440.